The average molecular weight is 311 g/mol. The van der Waals surface area contributed by atoms with Crippen LogP contribution in [0.5, 0.6) is 0 Å². The highest BCUT2D eigenvalue weighted by molar-refractivity contribution is 5.79. The maximum Gasteiger partial charge on any atom is 0.322 e. The lowest BCUT2D eigenvalue weighted by Gasteiger charge is -2.16. The van der Waals surface area contributed by atoms with Gasteiger partial charge in [-0.25, -0.2) is 0 Å². The van der Waals surface area contributed by atoms with Crippen LogP contribution in [-0.2, 0) is 9.53 Å². The summed E-state index contributed by atoms with van der Waals surface area (Å²) in [6.45, 7) is 0.323. The Kier molecular flexibility index (Phi) is 4.74. The van der Waals surface area contributed by atoms with Gasteiger partial charge in [-0.3, -0.25) is 4.79 Å². The second kappa shape index (κ2) is 6.94. The van der Waals surface area contributed by atoms with E-state index < -0.39 is 12.0 Å². The van der Waals surface area contributed by atoms with E-state index in [2.05, 4.69) is 24.3 Å². The van der Waals surface area contributed by atoms with E-state index in [-0.39, 0.29) is 12.5 Å². The third kappa shape index (κ3) is 3.14. The Hall–Kier alpha value is -2.17. The molecule has 1 atom stereocenters. The number of carbonyl (C=O) groups excluding carboxylic acids is 1. The van der Waals surface area contributed by atoms with Gasteiger partial charge < -0.3 is 15.6 Å². The lowest BCUT2D eigenvalue weighted by Crippen LogP contribution is -2.33. The van der Waals surface area contributed by atoms with Crippen LogP contribution in [-0.4, -0.2) is 30.3 Å². The van der Waals surface area contributed by atoms with Crippen LogP contribution in [0.4, 0.5) is 0 Å². The van der Waals surface area contributed by atoms with Gasteiger partial charge in [0.05, 0.1) is 0 Å². The number of ether oxygens (including phenoxy) is 1. The topological polar surface area (TPSA) is 72.5 Å². The van der Waals surface area contributed by atoms with Crippen molar-refractivity contribution >= 4 is 5.97 Å². The molecule has 3 rings (SSSR count). The molecule has 0 radical (unpaired) electrons. The Balaban J connectivity index is 1.75. The Morgan fingerprint density at radius 1 is 1.09 bits per heavy atom. The van der Waals surface area contributed by atoms with Gasteiger partial charge in [0.1, 0.15) is 12.6 Å². The minimum atomic E-state index is -0.672. The van der Waals surface area contributed by atoms with Gasteiger partial charge in [-0.2, -0.15) is 0 Å². The van der Waals surface area contributed by atoms with E-state index in [0.717, 1.165) is 0 Å². The van der Waals surface area contributed by atoms with E-state index in [0.29, 0.717) is 19.4 Å². The molecule has 4 nitrogen and oxygen atoms in total. The lowest BCUT2D eigenvalue weighted by atomic mass is 9.98. The zero-order valence-electron chi connectivity index (χ0n) is 12.9. The van der Waals surface area contributed by atoms with Crippen molar-refractivity contribution in [3.05, 3.63) is 59.7 Å². The quantitative estimate of drug-likeness (QED) is 0.804. The summed E-state index contributed by atoms with van der Waals surface area (Å²) in [5, 5.41) is 8.81. The number of rotatable bonds is 6. The Morgan fingerprint density at radius 2 is 1.65 bits per heavy atom. The largest absolute Gasteiger partial charge is 0.464 e. The maximum atomic E-state index is 12.0. The highest BCUT2D eigenvalue weighted by Crippen LogP contribution is 2.44. The van der Waals surface area contributed by atoms with E-state index in [4.69, 9.17) is 15.6 Å². The second-order valence-corrected chi connectivity index (χ2v) is 5.83. The minimum Gasteiger partial charge on any atom is -0.464 e. The van der Waals surface area contributed by atoms with Crippen LogP contribution in [0.3, 0.4) is 0 Å². The smallest absolute Gasteiger partial charge is 0.322 e. The zero-order valence-corrected chi connectivity index (χ0v) is 12.9. The molecule has 0 saturated heterocycles. The summed E-state index contributed by atoms with van der Waals surface area (Å²) in [6.07, 6.45) is 0.943. The molecule has 3 N–H and O–H groups in total. The number of hydrogen-bond donors (Lipinski definition) is 2. The van der Waals surface area contributed by atoms with Crippen molar-refractivity contribution in [2.45, 2.75) is 24.8 Å². The SMILES string of the molecule is NC(CCCO)C(=O)OCC1c2ccccc2-c2ccccc21. The van der Waals surface area contributed by atoms with Crippen molar-refractivity contribution in [2.24, 2.45) is 5.73 Å². The molecule has 0 aromatic heterocycles. The number of nitrogens with two attached hydrogens (primary N) is 1. The van der Waals surface area contributed by atoms with Crippen molar-refractivity contribution in [1.29, 1.82) is 0 Å². The highest BCUT2D eigenvalue weighted by atomic mass is 16.5. The van der Waals surface area contributed by atoms with Crippen molar-refractivity contribution in [2.75, 3.05) is 13.2 Å². The number of hydrogen-bond acceptors (Lipinski definition) is 4. The molecular formula is C19H21NO3. The standard InChI is InChI=1S/C19H21NO3/c20-18(10-5-11-21)19(22)23-12-17-15-8-3-1-6-13(15)14-7-2-4-9-16(14)17/h1-4,6-9,17-18,21H,5,10-12,20H2. The summed E-state index contributed by atoms with van der Waals surface area (Å²) in [4.78, 5) is 12.0. The molecule has 4 heteroatoms. The molecule has 120 valence electrons. The van der Waals surface area contributed by atoms with E-state index in [1.165, 1.54) is 22.3 Å². The fourth-order valence-electron chi connectivity index (χ4n) is 3.14. The average Bonchev–Trinajstić information content (AvgIpc) is 2.91. The van der Waals surface area contributed by atoms with Gasteiger partial charge in [-0.05, 0) is 35.1 Å². The molecule has 0 bridgehead atoms. The number of aliphatic hydroxyl groups excluding tert-OH is 1. The minimum absolute atomic E-state index is 0.0321. The molecule has 0 saturated carbocycles. The molecule has 2 aromatic carbocycles. The van der Waals surface area contributed by atoms with Crippen LogP contribution in [0.25, 0.3) is 11.1 Å². The van der Waals surface area contributed by atoms with Crippen molar-refractivity contribution in [3.63, 3.8) is 0 Å². The molecule has 0 fully saturated rings. The highest BCUT2D eigenvalue weighted by Gasteiger charge is 2.29. The number of carbonyl (C=O) groups is 1. The summed E-state index contributed by atoms with van der Waals surface area (Å²) in [6, 6.07) is 15.8. The van der Waals surface area contributed by atoms with Gasteiger partial charge >= 0.3 is 5.97 Å². The van der Waals surface area contributed by atoms with Crippen LogP contribution in [0.1, 0.15) is 29.9 Å². The summed E-state index contributed by atoms with van der Waals surface area (Å²) in [7, 11) is 0. The molecular weight excluding hydrogens is 290 g/mol. The van der Waals surface area contributed by atoms with Gasteiger partial charge in [-0.15, -0.1) is 0 Å². The first-order chi connectivity index (χ1) is 11.2. The van der Waals surface area contributed by atoms with Crippen LogP contribution in [0.15, 0.2) is 48.5 Å². The van der Waals surface area contributed by atoms with Crippen LogP contribution in [0, 0.1) is 0 Å². The van der Waals surface area contributed by atoms with Crippen LogP contribution in [0.2, 0.25) is 0 Å². The van der Waals surface area contributed by atoms with Gasteiger partial charge in [0.2, 0.25) is 0 Å². The first kappa shape index (κ1) is 15.7. The Labute approximate surface area is 135 Å². The maximum absolute atomic E-state index is 12.0. The molecule has 0 amide bonds. The number of aliphatic hydroxyl groups is 1. The first-order valence-corrected chi connectivity index (χ1v) is 7.93. The predicted octanol–water partition coefficient (Wildman–Crippen LogP) is 2.44. The van der Waals surface area contributed by atoms with Gasteiger partial charge in [0.25, 0.3) is 0 Å². The Bertz CT molecular complexity index is 653. The van der Waals surface area contributed by atoms with E-state index in [9.17, 15) is 4.79 Å². The molecule has 2 aromatic rings. The zero-order chi connectivity index (χ0) is 16.2. The normalized spacial score (nSPS) is 14.2. The van der Waals surface area contributed by atoms with E-state index in [1.54, 1.807) is 0 Å². The monoisotopic (exact) mass is 311 g/mol. The summed E-state index contributed by atoms with van der Waals surface area (Å²) in [5.74, 6) is -0.350. The van der Waals surface area contributed by atoms with Gasteiger partial charge in [-0.1, -0.05) is 48.5 Å². The summed E-state index contributed by atoms with van der Waals surface area (Å²) >= 11 is 0. The first-order valence-electron chi connectivity index (χ1n) is 7.93. The van der Waals surface area contributed by atoms with E-state index >= 15 is 0 Å². The third-order valence-electron chi connectivity index (χ3n) is 4.33. The predicted molar refractivity (Wildman–Crippen MR) is 89.0 cm³/mol. The molecule has 1 aliphatic rings. The number of esters is 1. The summed E-state index contributed by atoms with van der Waals surface area (Å²) < 4.78 is 5.45. The van der Waals surface area contributed by atoms with Crippen molar-refractivity contribution in [3.8, 4) is 11.1 Å². The van der Waals surface area contributed by atoms with Crippen molar-refractivity contribution in [1.82, 2.24) is 0 Å². The van der Waals surface area contributed by atoms with Gasteiger partial charge in [0.15, 0.2) is 0 Å². The molecule has 23 heavy (non-hydrogen) atoms. The fraction of sp³-hybridized carbons (Fsp3) is 0.316. The van der Waals surface area contributed by atoms with Crippen LogP contribution >= 0.6 is 0 Å². The summed E-state index contributed by atoms with van der Waals surface area (Å²) in [5.41, 5.74) is 10.6. The number of benzene rings is 2. The molecule has 0 aliphatic heterocycles. The van der Waals surface area contributed by atoms with Crippen molar-refractivity contribution < 1.29 is 14.6 Å². The van der Waals surface area contributed by atoms with E-state index in [1.807, 2.05) is 24.3 Å². The molecule has 0 heterocycles. The lowest BCUT2D eigenvalue weighted by molar-refractivity contribution is -0.145. The molecule has 1 aliphatic carbocycles. The fourth-order valence-corrected chi connectivity index (χ4v) is 3.14. The van der Waals surface area contributed by atoms with Crippen LogP contribution < -0.4 is 5.73 Å². The Morgan fingerprint density at radius 3 is 2.22 bits per heavy atom. The van der Waals surface area contributed by atoms with Gasteiger partial charge in [0, 0.05) is 12.5 Å². The molecule has 1 unspecified atom stereocenters. The third-order valence-corrected chi connectivity index (χ3v) is 4.33. The number of fused-ring (bicyclic) bond motifs is 3. The second-order valence-electron chi connectivity index (χ2n) is 5.83. The molecule has 0 spiro atoms.